The number of rotatable bonds is 42. The minimum Gasteiger partial charge on any atom is -0.477 e. The summed E-state index contributed by atoms with van der Waals surface area (Å²) in [7, 11) is 0. The van der Waals surface area contributed by atoms with E-state index in [2.05, 4.69) is 16.0 Å². The molecule has 3 amide bonds. The van der Waals surface area contributed by atoms with Gasteiger partial charge in [-0.25, -0.2) is 9.59 Å². The molecule has 0 aromatic heterocycles. The Morgan fingerprint density at radius 3 is 1.09 bits per heavy atom. The molecule has 11 aliphatic heterocycles. The van der Waals surface area contributed by atoms with Crippen molar-refractivity contribution in [2.45, 2.75) is 395 Å². The Morgan fingerprint density at radius 2 is 0.635 bits per heavy atom. The van der Waals surface area contributed by atoms with E-state index in [1.54, 1.807) is 0 Å². The van der Waals surface area contributed by atoms with Crippen LogP contribution >= 0.6 is 0 Å². The number of aliphatic hydroxyl groups excluding tert-OH is 33. The molecule has 11 aliphatic rings. The minimum absolute atomic E-state index is 0.853. The molecule has 0 aromatic rings. The van der Waals surface area contributed by atoms with Gasteiger partial charge in [-0.3, -0.25) is 19.2 Å². The summed E-state index contributed by atoms with van der Waals surface area (Å²) >= 11 is 0. The number of aliphatic hydroxyl groups is 34. The van der Waals surface area contributed by atoms with Crippen molar-refractivity contribution in [2.24, 2.45) is 0 Å². The van der Waals surface area contributed by atoms with Crippen LogP contribution in [0, 0.1) is 0 Å². The van der Waals surface area contributed by atoms with Gasteiger partial charge in [0.15, 0.2) is 62.7 Å². The molecule has 11 saturated heterocycles. The van der Waals surface area contributed by atoms with Crippen molar-refractivity contribution in [1.29, 1.82) is 0 Å². The molecular formula is C81H133N3O64. The van der Waals surface area contributed by atoms with E-state index in [-0.39, 0.29) is 0 Å². The molecule has 0 bridgehead atoms. The van der Waals surface area contributed by atoms with Crippen LogP contribution in [0.25, 0.3) is 0 Å². The van der Waals surface area contributed by atoms with Crippen LogP contribution in [0.5, 0.6) is 0 Å². The average Bonchev–Trinajstić information content (AvgIpc) is 0.740. The highest BCUT2D eigenvalue weighted by atomic mass is 16.8. The lowest BCUT2D eigenvalue weighted by molar-refractivity contribution is -0.422. The number of carboxylic acids is 2. The number of carboxylic acid groups (broad SMARTS) is 2. The summed E-state index contributed by atoms with van der Waals surface area (Å²) in [4.78, 5) is 76.4. The molecule has 0 saturated carbocycles. The van der Waals surface area contributed by atoms with Gasteiger partial charge in [-0.15, -0.1) is 0 Å². The zero-order valence-electron chi connectivity index (χ0n) is 78.6. The summed E-state index contributed by atoms with van der Waals surface area (Å²) < 4.78 is 130. The van der Waals surface area contributed by atoms with Gasteiger partial charge in [0.2, 0.25) is 17.7 Å². The summed E-state index contributed by atoms with van der Waals surface area (Å²) in [6, 6.07) is -5.91. The Kier molecular flexibility index (Phi) is 43.7. The van der Waals surface area contributed by atoms with E-state index in [0.29, 0.717) is 0 Å². The van der Waals surface area contributed by atoms with E-state index in [1.807, 2.05) is 0 Å². The maximum absolute atomic E-state index is 13.2. The number of hydrogen-bond donors (Lipinski definition) is 39. The van der Waals surface area contributed by atoms with Crippen molar-refractivity contribution >= 4 is 35.6 Å². The van der Waals surface area contributed by atoms with E-state index in [9.17, 15) is 213 Å². The molecule has 58 atom stereocenters. The topological polar surface area (TPSA) is 1070 Å². The number of carbonyl (C=O) groups is 6. The Balaban J connectivity index is 0.861. The van der Waals surface area contributed by atoms with Crippen LogP contribution in [0.3, 0.4) is 0 Å². The Bertz CT molecular complexity index is 4190. The molecule has 0 radical (unpaired) electrons. The van der Waals surface area contributed by atoms with Gasteiger partial charge in [0.25, 0.3) is 11.6 Å². The molecule has 0 spiro atoms. The van der Waals surface area contributed by atoms with Crippen LogP contribution in [0.15, 0.2) is 0 Å². The molecule has 11 fully saturated rings. The van der Waals surface area contributed by atoms with Crippen molar-refractivity contribution < 1.29 is 317 Å². The standard InChI is InChI=1S/C81H133N3O64/c1-18(96)82-35-22(100)6-81(79(124)125,147-62(35)38(106)24(102)7-85)148-64-41(109)30(13-91)130-75(52(64)120)138-59-32(15-93)132-69(37(43(59)111)84-20(3)98)141-63-40(108)29(12-90)129-74(51(63)119)140-61-34(17-95)133-72(48(116)45(61)113)139-60-33(16-94)134-73(49(117)46(60)114)144-67-56(26(104)9-87)137-76(136-55-23(101)5-80(126,78(122)123)146-57(55)27(105)10-88)53(121)66(67)143-77-68(145-70-36(83-19(2)97)42(110)58(127-21(4)99)31(14-92)131-70)65(50(118)54(135-77)25(103)8-86)142-71-47(115)44(112)39(107)28(11-89)128-71/h22-77,85-95,100-121,126H,5-17H2,1-4H3,(H,82,96)(H,83,97)(H,84,98)(H,122,123)(H,124,125)/t22-,23+,24+,25-,26-,27+,28+,29+,30+,31+,32+,33+,34+,35+,36+,37+,38+,39+,40-,41-,42+,43+,44-,45+,46+,47+,48+,49+,50+,51+,52+,53-,54+,55+,56+,57+,58+,59+,60+,61+,62+,63-,64-,65-,66+,67+,68-,69-,70+,71+,72-,73-,74-,75-,76-,77+,80+,81-/m0/s1. The van der Waals surface area contributed by atoms with E-state index < -0.39 is 476 Å². The van der Waals surface area contributed by atoms with Crippen LogP contribution in [0.4, 0.5) is 0 Å². The third-order valence-electron chi connectivity index (χ3n) is 26.7. The highest BCUT2D eigenvalue weighted by Crippen LogP contribution is 2.46. The SMILES string of the molecule is CC(=O)N[C@H]1[C@@H](O[C@@H]2[C@@H](O[C@@H]3[C@H](O)[C@@H](O[C@H]4[C@@H]([C@H](O)CO)O[C@@](O)(C(=O)O)C[C@H]4O)O[C@H]([C@@H](O)CO)[C@H]3O[C@@H]3O[C@H](CO)[C@@H](O[C@@H]4O[C@H](CO)[C@@H](O[C@@H]5O[C@H](CO)[C@H](O)[C@H](O[C@@H]6O[C@H](CO)[C@@H](O[C@@H]7O[C@H](CO)[C@H](O)[C@H](O[C@]8(C(=O)O)C[C@H](O)[C@@H](NC(C)=O)[C@H]([C@H](O)[C@H](O)CO)O8)[C@H]7O)[C@H](O)[C@H]6NC(C)=O)[C@H]5O)[C@H](O)[C@H]4O)[C@H](O)[C@H]3O)O[C@H]([C@@H](O)CO)[C@@H](O)[C@@H]2O[C@H]2O[C@H](CO)[C@@H](O)[C@H](O)[C@H]2O)O[C@H](CO)[C@@H](OC(C)=O)[C@@H]1O. The molecule has 11 rings (SSSR count). The summed E-state index contributed by atoms with van der Waals surface area (Å²) in [5.41, 5.74) is 0. The van der Waals surface area contributed by atoms with Crippen molar-refractivity contribution in [3.05, 3.63) is 0 Å². The lowest BCUT2D eigenvalue weighted by Crippen LogP contribution is -2.72. The number of carbonyl (C=O) groups excluding carboxylic acids is 4. The van der Waals surface area contributed by atoms with E-state index in [4.69, 9.17) is 104 Å². The molecule has 39 N–H and O–H groups in total. The summed E-state index contributed by atoms with van der Waals surface area (Å²) in [5, 5.41) is 412. The molecule has 0 aliphatic carbocycles. The number of esters is 1. The molecule has 856 valence electrons. The molecule has 67 nitrogen and oxygen atoms in total. The van der Waals surface area contributed by atoms with Gasteiger partial charge < -0.3 is 304 Å². The van der Waals surface area contributed by atoms with Crippen LogP contribution in [0.1, 0.15) is 40.5 Å². The lowest BCUT2D eigenvalue weighted by atomic mass is 9.88. The summed E-state index contributed by atoms with van der Waals surface area (Å²) in [6.07, 6.45) is -129. The van der Waals surface area contributed by atoms with E-state index in [0.717, 1.165) is 27.7 Å². The number of ether oxygens (including phenoxy) is 22. The fourth-order valence-corrected chi connectivity index (χ4v) is 19.0. The first kappa shape index (κ1) is 123. The zero-order chi connectivity index (χ0) is 110. The molecular weight excluding hydrogens is 2040 g/mol. The average molecular weight is 2170 g/mol. The van der Waals surface area contributed by atoms with Crippen molar-refractivity contribution in [3.63, 3.8) is 0 Å². The van der Waals surface area contributed by atoms with Gasteiger partial charge in [-0.1, -0.05) is 0 Å². The van der Waals surface area contributed by atoms with Gasteiger partial charge in [-0.05, 0) is 0 Å². The molecule has 67 heteroatoms. The van der Waals surface area contributed by atoms with Crippen LogP contribution in [-0.4, -0.2) is 647 Å². The first-order chi connectivity index (χ1) is 69.7. The second-order valence-electron chi connectivity index (χ2n) is 37.0. The van der Waals surface area contributed by atoms with Crippen LogP contribution in [-0.2, 0) is 133 Å². The van der Waals surface area contributed by atoms with Gasteiger partial charge in [0, 0.05) is 40.5 Å². The van der Waals surface area contributed by atoms with Gasteiger partial charge in [0.05, 0.1) is 90.9 Å². The first-order valence-corrected chi connectivity index (χ1v) is 46.4. The number of aliphatic carboxylic acids is 2. The molecule has 148 heavy (non-hydrogen) atoms. The minimum atomic E-state index is -3.42. The maximum atomic E-state index is 13.2. The second kappa shape index (κ2) is 52.7. The van der Waals surface area contributed by atoms with Crippen molar-refractivity contribution in [3.8, 4) is 0 Å². The predicted molar refractivity (Wildman–Crippen MR) is 447 cm³/mol. The summed E-state index contributed by atoms with van der Waals surface area (Å²) in [6.45, 7) is -11.0. The fourth-order valence-electron chi connectivity index (χ4n) is 19.0. The summed E-state index contributed by atoms with van der Waals surface area (Å²) in [5.74, 6) is -15.2. The van der Waals surface area contributed by atoms with Gasteiger partial charge in [-0.2, -0.15) is 0 Å². The maximum Gasteiger partial charge on any atom is 0.364 e. The quantitative estimate of drug-likeness (QED) is 0.0252. The third kappa shape index (κ3) is 26.5. The van der Waals surface area contributed by atoms with Crippen molar-refractivity contribution in [1.82, 2.24) is 16.0 Å². The van der Waals surface area contributed by atoms with E-state index in [1.165, 1.54) is 0 Å². The second-order valence-corrected chi connectivity index (χ2v) is 37.0. The lowest BCUT2D eigenvalue weighted by Gasteiger charge is -2.53. The molecule has 0 aromatic carbocycles. The normalized spacial score (nSPS) is 47.3. The van der Waals surface area contributed by atoms with Gasteiger partial charge >= 0.3 is 17.9 Å². The predicted octanol–water partition coefficient (Wildman–Crippen LogP) is -26.2. The largest absolute Gasteiger partial charge is 0.477 e. The first-order valence-electron chi connectivity index (χ1n) is 46.4. The zero-order valence-corrected chi connectivity index (χ0v) is 78.6. The number of hydrogen-bond acceptors (Lipinski definition) is 62. The van der Waals surface area contributed by atoms with E-state index >= 15 is 0 Å². The van der Waals surface area contributed by atoms with Crippen LogP contribution in [0.2, 0.25) is 0 Å². The smallest absolute Gasteiger partial charge is 0.364 e. The Hall–Kier alpha value is -5.38. The third-order valence-corrected chi connectivity index (χ3v) is 26.7. The highest BCUT2D eigenvalue weighted by Gasteiger charge is 2.67. The highest BCUT2D eigenvalue weighted by molar-refractivity contribution is 5.77. The van der Waals surface area contributed by atoms with Gasteiger partial charge in [0.1, 0.15) is 262 Å². The molecule has 11 heterocycles. The Morgan fingerprint density at radius 1 is 0.291 bits per heavy atom. The number of nitrogens with one attached hydrogen (secondary N) is 3. The van der Waals surface area contributed by atoms with Crippen LogP contribution < -0.4 is 16.0 Å². The van der Waals surface area contributed by atoms with Crippen molar-refractivity contribution in [2.75, 3.05) is 72.7 Å². The molecule has 0 unspecified atom stereocenters. The Labute approximate surface area is 834 Å². The number of amides is 3. The fraction of sp³-hybridized carbons (Fsp3) is 0.926. The monoisotopic (exact) mass is 2170 g/mol.